The first-order valence-electron chi connectivity index (χ1n) is 13.8. The Balaban J connectivity index is 3.69. The minimum atomic E-state index is -0.328. The SMILES string of the molecule is CCCCCCCCCCCCON(CCCCCCCCCCCC)C(=O)OCC. The van der Waals surface area contributed by atoms with Crippen LogP contribution in [0.2, 0.25) is 0 Å². The molecule has 0 rings (SSSR count). The van der Waals surface area contributed by atoms with Gasteiger partial charge < -0.3 is 4.74 Å². The summed E-state index contributed by atoms with van der Waals surface area (Å²) in [6, 6.07) is 0. The maximum absolute atomic E-state index is 12.1. The zero-order chi connectivity index (χ0) is 22.8. The Morgan fingerprint density at radius 2 is 0.935 bits per heavy atom. The maximum Gasteiger partial charge on any atom is 0.433 e. The van der Waals surface area contributed by atoms with E-state index in [2.05, 4.69) is 13.8 Å². The molecule has 0 fully saturated rings. The normalized spacial score (nSPS) is 11.1. The van der Waals surface area contributed by atoms with Gasteiger partial charge in [0.15, 0.2) is 0 Å². The standard InChI is InChI=1S/C27H55NO3/c1-4-7-9-11-13-15-17-19-21-23-25-28(27(29)30-6-3)31-26-24-22-20-18-16-14-12-10-8-5-2/h4-26H2,1-3H3. The highest BCUT2D eigenvalue weighted by molar-refractivity contribution is 5.66. The van der Waals surface area contributed by atoms with Crippen LogP contribution in [0.5, 0.6) is 0 Å². The average Bonchev–Trinajstić information content (AvgIpc) is 2.77. The van der Waals surface area contributed by atoms with E-state index in [-0.39, 0.29) is 6.09 Å². The molecular formula is C27H55NO3. The Kier molecular flexibility index (Phi) is 24.9. The first-order valence-corrected chi connectivity index (χ1v) is 13.8. The molecule has 0 radical (unpaired) electrons. The highest BCUT2D eigenvalue weighted by atomic mass is 16.7. The number of unbranched alkanes of at least 4 members (excludes halogenated alkanes) is 18. The van der Waals surface area contributed by atoms with Gasteiger partial charge in [0.2, 0.25) is 0 Å². The number of hydroxylamine groups is 2. The molecule has 0 bridgehead atoms. The van der Waals surface area contributed by atoms with Gasteiger partial charge in [-0.25, -0.2) is 4.79 Å². The number of hydrogen-bond donors (Lipinski definition) is 0. The fraction of sp³-hybridized carbons (Fsp3) is 0.963. The molecular weight excluding hydrogens is 386 g/mol. The largest absolute Gasteiger partial charge is 0.448 e. The second-order valence-corrected chi connectivity index (χ2v) is 9.00. The molecule has 4 heteroatoms. The van der Waals surface area contributed by atoms with Gasteiger partial charge in [-0.15, -0.1) is 0 Å². The van der Waals surface area contributed by atoms with Gasteiger partial charge in [0, 0.05) is 0 Å². The number of amides is 1. The molecule has 186 valence electrons. The zero-order valence-corrected chi connectivity index (χ0v) is 21.4. The van der Waals surface area contributed by atoms with E-state index >= 15 is 0 Å². The Bertz CT molecular complexity index is 362. The molecule has 0 aromatic rings. The Morgan fingerprint density at radius 1 is 0.548 bits per heavy atom. The first-order chi connectivity index (χ1) is 15.3. The van der Waals surface area contributed by atoms with E-state index in [9.17, 15) is 4.79 Å². The van der Waals surface area contributed by atoms with Crippen molar-refractivity contribution in [1.29, 1.82) is 0 Å². The molecule has 0 aliphatic rings. The summed E-state index contributed by atoms with van der Waals surface area (Å²) in [5, 5.41) is 1.46. The highest BCUT2D eigenvalue weighted by Gasteiger charge is 2.14. The van der Waals surface area contributed by atoms with E-state index in [4.69, 9.17) is 9.57 Å². The van der Waals surface area contributed by atoms with Gasteiger partial charge in [-0.2, -0.15) is 5.06 Å². The van der Waals surface area contributed by atoms with Gasteiger partial charge >= 0.3 is 6.09 Å². The molecule has 0 aliphatic carbocycles. The Labute approximate surface area is 194 Å². The fourth-order valence-corrected chi connectivity index (χ4v) is 3.91. The molecule has 4 nitrogen and oxygen atoms in total. The van der Waals surface area contributed by atoms with Gasteiger partial charge in [0.25, 0.3) is 0 Å². The van der Waals surface area contributed by atoms with E-state index in [0.717, 1.165) is 19.3 Å². The van der Waals surface area contributed by atoms with Crippen LogP contribution in [0.15, 0.2) is 0 Å². The number of hydrogen-bond acceptors (Lipinski definition) is 3. The van der Waals surface area contributed by atoms with Gasteiger partial charge in [0.05, 0.1) is 19.8 Å². The third-order valence-corrected chi connectivity index (χ3v) is 5.93. The number of carbonyl (C=O) groups is 1. The van der Waals surface area contributed by atoms with Crippen LogP contribution in [-0.4, -0.2) is 30.9 Å². The van der Waals surface area contributed by atoms with Crippen molar-refractivity contribution in [3.8, 4) is 0 Å². The summed E-state index contributed by atoms with van der Waals surface area (Å²) >= 11 is 0. The fourth-order valence-electron chi connectivity index (χ4n) is 3.91. The van der Waals surface area contributed by atoms with Crippen molar-refractivity contribution in [3.63, 3.8) is 0 Å². The monoisotopic (exact) mass is 441 g/mol. The predicted octanol–water partition coefficient (Wildman–Crippen LogP) is 9.22. The minimum absolute atomic E-state index is 0.328. The molecule has 0 N–H and O–H groups in total. The topological polar surface area (TPSA) is 38.8 Å². The number of nitrogens with zero attached hydrogens (tertiary/aromatic N) is 1. The molecule has 0 heterocycles. The molecule has 0 aromatic carbocycles. The summed E-state index contributed by atoms with van der Waals surface area (Å²) in [7, 11) is 0. The van der Waals surface area contributed by atoms with Gasteiger partial charge in [-0.3, -0.25) is 4.84 Å². The Morgan fingerprint density at radius 3 is 1.35 bits per heavy atom. The lowest BCUT2D eigenvalue weighted by molar-refractivity contribution is -0.137. The van der Waals surface area contributed by atoms with E-state index in [1.54, 1.807) is 0 Å². The number of ether oxygens (including phenoxy) is 1. The predicted molar refractivity (Wildman–Crippen MR) is 133 cm³/mol. The van der Waals surface area contributed by atoms with Crippen molar-refractivity contribution in [1.82, 2.24) is 5.06 Å². The lowest BCUT2D eigenvalue weighted by Gasteiger charge is -2.21. The quantitative estimate of drug-likeness (QED) is 0.111. The summed E-state index contributed by atoms with van der Waals surface area (Å²) in [6.45, 7) is 8.04. The van der Waals surface area contributed by atoms with Crippen molar-refractivity contribution in [2.45, 2.75) is 149 Å². The van der Waals surface area contributed by atoms with Gasteiger partial charge in [0.1, 0.15) is 0 Å². The van der Waals surface area contributed by atoms with Crippen molar-refractivity contribution in [3.05, 3.63) is 0 Å². The summed E-state index contributed by atoms with van der Waals surface area (Å²) in [4.78, 5) is 17.9. The van der Waals surface area contributed by atoms with Gasteiger partial charge in [-0.1, -0.05) is 129 Å². The molecule has 0 spiro atoms. The van der Waals surface area contributed by atoms with Crippen LogP contribution in [0.1, 0.15) is 149 Å². The third kappa shape index (κ3) is 22.2. The lowest BCUT2D eigenvalue weighted by atomic mass is 10.1. The summed E-state index contributed by atoms with van der Waals surface area (Å²) < 4.78 is 5.16. The van der Waals surface area contributed by atoms with Crippen LogP contribution in [0.3, 0.4) is 0 Å². The van der Waals surface area contributed by atoms with Crippen LogP contribution >= 0.6 is 0 Å². The molecule has 0 saturated heterocycles. The van der Waals surface area contributed by atoms with Crippen molar-refractivity contribution in [2.75, 3.05) is 19.8 Å². The second kappa shape index (κ2) is 25.5. The van der Waals surface area contributed by atoms with Crippen molar-refractivity contribution >= 4 is 6.09 Å². The van der Waals surface area contributed by atoms with Crippen LogP contribution in [0, 0.1) is 0 Å². The lowest BCUT2D eigenvalue weighted by Crippen LogP contribution is -2.33. The highest BCUT2D eigenvalue weighted by Crippen LogP contribution is 2.13. The smallest absolute Gasteiger partial charge is 0.433 e. The minimum Gasteiger partial charge on any atom is -0.448 e. The first kappa shape index (κ1) is 30.2. The summed E-state index contributed by atoms with van der Waals surface area (Å²) in [5.41, 5.74) is 0. The van der Waals surface area contributed by atoms with Crippen LogP contribution in [-0.2, 0) is 9.57 Å². The molecule has 0 aliphatic heterocycles. The van der Waals surface area contributed by atoms with Crippen LogP contribution < -0.4 is 0 Å². The van der Waals surface area contributed by atoms with E-state index in [1.807, 2.05) is 6.92 Å². The summed E-state index contributed by atoms with van der Waals surface area (Å²) in [5.74, 6) is 0. The average molecular weight is 442 g/mol. The molecule has 31 heavy (non-hydrogen) atoms. The van der Waals surface area contributed by atoms with E-state index in [1.165, 1.54) is 114 Å². The van der Waals surface area contributed by atoms with Gasteiger partial charge in [-0.05, 0) is 19.8 Å². The second-order valence-electron chi connectivity index (χ2n) is 9.00. The van der Waals surface area contributed by atoms with Crippen LogP contribution in [0.25, 0.3) is 0 Å². The van der Waals surface area contributed by atoms with E-state index in [0.29, 0.717) is 19.8 Å². The molecule has 1 amide bonds. The van der Waals surface area contributed by atoms with Crippen LogP contribution in [0.4, 0.5) is 4.79 Å². The summed E-state index contributed by atoms with van der Waals surface area (Å²) in [6.07, 6.45) is 25.6. The zero-order valence-electron chi connectivity index (χ0n) is 21.4. The molecule has 0 aromatic heterocycles. The number of rotatable bonds is 24. The maximum atomic E-state index is 12.1. The number of carbonyl (C=O) groups excluding carboxylic acids is 1. The molecule has 0 unspecified atom stereocenters. The van der Waals surface area contributed by atoms with E-state index < -0.39 is 0 Å². The molecule has 0 saturated carbocycles. The molecule has 0 atom stereocenters. The van der Waals surface area contributed by atoms with Crippen molar-refractivity contribution < 1.29 is 14.4 Å². The van der Waals surface area contributed by atoms with Crippen molar-refractivity contribution in [2.24, 2.45) is 0 Å². The Hall–Kier alpha value is -0.770. The third-order valence-electron chi connectivity index (χ3n) is 5.93.